The minimum atomic E-state index is -2.95. The van der Waals surface area contributed by atoms with Crippen LogP contribution in [0.4, 0.5) is 0 Å². The number of hydrogen-bond acceptors (Lipinski definition) is 5. The van der Waals surface area contributed by atoms with Crippen LogP contribution in [-0.2, 0) is 9.84 Å². The molecule has 1 aromatic heterocycles. The summed E-state index contributed by atoms with van der Waals surface area (Å²) in [4.78, 5) is 17.8. The predicted octanol–water partition coefficient (Wildman–Crippen LogP) is 2.70. The zero-order chi connectivity index (χ0) is 18.1. The summed E-state index contributed by atoms with van der Waals surface area (Å²) in [5, 5.41) is -0.0111. The Morgan fingerprint density at radius 2 is 1.92 bits per heavy atom. The molecule has 1 fully saturated rings. The first-order valence-electron chi connectivity index (χ1n) is 8.21. The van der Waals surface area contributed by atoms with Gasteiger partial charge in [-0.05, 0) is 30.7 Å². The Bertz CT molecular complexity index is 1080. The van der Waals surface area contributed by atoms with E-state index in [9.17, 15) is 13.2 Å². The second-order valence-corrected chi connectivity index (χ2v) is 9.75. The molecule has 0 saturated carbocycles. The third kappa shape index (κ3) is 3.47. The summed E-state index contributed by atoms with van der Waals surface area (Å²) in [6, 6.07) is 14.8. The molecule has 2 aromatic carbocycles. The van der Waals surface area contributed by atoms with Crippen LogP contribution in [0.3, 0.4) is 0 Å². The Morgan fingerprint density at radius 1 is 1.15 bits per heavy atom. The molecule has 1 aliphatic heterocycles. The van der Waals surface area contributed by atoms with Gasteiger partial charge in [0, 0.05) is 10.1 Å². The lowest BCUT2D eigenvalue weighted by molar-refractivity contribution is 0.101. The van der Waals surface area contributed by atoms with Crippen LogP contribution in [0.15, 0.2) is 59.8 Å². The first-order chi connectivity index (χ1) is 12.5. The van der Waals surface area contributed by atoms with E-state index < -0.39 is 9.84 Å². The molecule has 6 nitrogen and oxygen atoms in total. The van der Waals surface area contributed by atoms with E-state index in [0.717, 1.165) is 15.9 Å². The molecule has 8 heteroatoms. The van der Waals surface area contributed by atoms with Crippen molar-refractivity contribution in [3.05, 3.63) is 60.4 Å². The molecule has 1 unspecified atom stereocenters. The van der Waals surface area contributed by atoms with Gasteiger partial charge in [-0.25, -0.2) is 18.1 Å². The van der Waals surface area contributed by atoms with Gasteiger partial charge in [-0.3, -0.25) is 10.2 Å². The number of imidazole rings is 1. The number of para-hydroxylation sites is 2. The van der Waals surface area contributed by atoms with Crippen LogP contribution in [0.25, 0.3) is 11.0 Å². The average Bonchev–Trinajstić information content (AvgIpc) is 3.18. The Labute approximate surface area is 155 Å². The molecule has 0 spiro atoms. The van der Waals surface area contributed by atoms with Crippen LogP contribution < -0.4 is 5.43 Å². The van der Waals surface area contributed by atoms with Crippen molar-refractivity contribution >= 4 is 38.5 Å². The molecule has 1 aliphatic rings. The Balaban J connectivity index is 1.57. The molecule has 0 bridgehead atoms. The lowest BCUT2D eigenvalue weighted by Crippen LogP contribution is -2.22. The zero-order valence-corrected chi connectivity index (χ0v) is 15.5. The summed E-state index contributed by atoms with van der Waals surface area (Å²) < 4.78 is 25.0. The normalized spacial score (nSPS) is 18.8. The second kappa shape index (κ2) is 6.77. The molecule has 134 valence electrons. The largest absolute Gasteiger partial charge is 0.271 e. The molecule has 1 N–H and O–H groups in total. The maximum Gasteiger partial charge on any atom is 0.271 e. The number of sulfone groups is 1. The van der Waals surface area contributed by atoms with Gasteiger partial charge in [0.2, 0.25) is 0 Å². The molecule has 1 atom stereocenters. The number of fused-ring (bicyclic) bond motifs is 1. The minimum Gasteiger partial charge on any atom is -0.267 e. The molecule has 0 radical (unpaired) electrons. The third-order valence-corrected chi connectivity index (χ3v) is 7.62. The zero-order valence-electron chi connectivity index (χ0n) is 13.8. The van der Waals surface area contributed by atoms with E-state index in [2.05, 4.69) is 10.4 Å². The van der Waals surface area contributed by atoms with Gasteiger partial charge < -0.3 is 0 Å². The average molecular weight is 387 g/mol. The van der Waals surface area contributed by atoms with Crippen molar-refractivity contribution in [1.29, 1.82) is 0 Å². The van der Waals surface area contributed by atoms with Crippen molar-refractivity contribution in [3.63, 3.8) is 0 Å². The summed E-state index contributed by atoms with van der Waals surface area (Å²) in [6.07, 6.45) is 2.19. The fourth-order valence-electron chi connectivity index (χ4n) is 3.01. The van der Waals surface area contributed by atoms with E-state index in [1.54, 1.807) is 23.1 Å². The van der Waals surface area contributed by atoms with Gasteiger partial charge in [-0.1, -0.05) is 24.3 Å². The van der Waals surface area contributed by atoms with Crippen LogP contribution in [0.1, 0.15) is 16.8 Å². The predicted molar refractivity (Wildman–Crippen MR) is 103 cm³/mol. The molecule has 3 aromatic rings. The highest BCUT2D eigenvalue weighted by Gasteiger charge is 2.29. The second-order valence-electron chi connectivity index (χ2n) is 6.18. The van der Waals surface area contributed by atoms with Crippen LogP contribution in [-0.4, -0.2) is 40.7 Å². The number of nitrogens with one attached hydrogen (secondary N) is 1. The van der Waals surface area contributed by atoms with E-state index in [4.69, 9.17) is 0 Å². The van der Waals surface area contributed by atoms with Gasteiger partial charge in [-0.15, -0.1) is 11.8 Å². The number of amides is 1. The first-order valence-corrected chi connectivity index (χ1v) is 10.9. The highest BCUT2D eigenvalue weighted by molar-refractivity contribution is 8.02. The number of carbonyl (C=O) groups excluding carboxylic acids is 1. The van der Waals surface area contributed by atoms with Gasteiger partial charge in [0.05, 0.1) is 28.1 Å². The van der Waals surface area contributed by atoms with Crippen LogP contribution in [0, 0.1) is 0 Å². The molecular formula is C18H17N3O3S2. The van der Waals surface area contributed by atoms with Gasteiger partial charge in [0.1, 0.15) is 6.33 Å². The number of nitrogens with zero attached hydrogens (tertiary/aromatic N) is 2. The summed E-state index contributed by atoms with van der Waals surface area (Å²) in [6.45, 7) is 0. The van der Waals surface area contributed by atoms with Gasteiger partial charge in [0.25, 0.3) is 5.91 Å². The Morgan fingerprint density at radius 3 is 2.73 bits per heavy atom. The summed E-state index contributed by atoms with van der Waals surface area (Å²) in [7, 11) is -2.95. The molecular weight excluding hydrogens is 370 g/mol. The monoisotopic (exact) mass is 387 g/mol. The van der Waals surface area contributed by atoms with E-state index in [1.165, 1.54) is 11.8 Å². The Kier molecular flexibility index (Phi) is 4.46. The third-order valence-electron chi connectivity index (χ3n) is 4.29. The van der Waals surface area contributed by atoms with Crippen molar-refractivity contribution in [2.75, 3.05) is 16.9 Å². The molecule has 2 heterocycles. The van der Waals surface area contributed by atoms with Crippen molar-refractivity contribution in [2.45, 2.75) is 16.6 Å². The number of carbonyl (C=O) groups is 1. The highest BCUT2D eigenvalue weighted by atomic mass is 32.2. The molecule has 0 aliphatic carbocycles. The molecule has 26 heavy (non-hydrogen) atoms. The summed E-state index contributed by atoms with van der Waals surface area (Å²) in [5.74, 6) is 0.136. The van der Waals surface area contributed by atoms with Crippen molar-refractivity contribution in [3.8, 4) is 0 Å². The number of aromatic nitrogens is 2. The number of benzene rings is 2. The van der Waals surface area contributed by atoms with Crippen molar-refractivity contribution < 1.29 is 13.2 Å². The maximum atomic E-state index is 12.8. The topological polar surface area (TPSA) is 81.1 Å². The molecule has 1 saturated heterocycles. The lowest BCUT2D eigenvalue weighted by Gasteiger charge is -2.13. The summed E-state index contributed by atoms with van der Waals surface area (Å²) in [5.41, 5.74) is 4.98. The van der Waals surface area contributed by atoms with Crippen molar-refractivity contribution in [1.82, 2.24) is 9.66 Å². The highest BCUT2D eigenvalue weighted by Crippen LogP contribution is 2.33. The van der Waals surface area contributed by atoms with Crippen LogP contribution in [0.5, 0.6) is 0 Å². The number of rotatable bonds is 4. The minimum absolute atomic E-state index is 0.0111. The van der Waals surface area contributed by atoms with Crippen LogP contribution >= 0.6 is 11.8 Å². The standard InChI is InChI=1S/C18H17N3O3S2/c22-18(20-21-12-19-15-6-2-3-7-16(15)21)14-5-1-4-8-17(14)25-13-9-10-26(23,24)11-13/h1-8,12-13H,9-11H2,(H,20,22). The van der Waals surface area contributed by atoms with Crippen LogP contribution in [0.2, 0.25) is 0 Å². The van der Waals surface area contributed by atoms with Gasteiger partial charge >= 0.3 is 0 Å². The van der Waals surface area contributed by atoms with E-state index in [0.29, 0.717) is 12.0 Å². The number of thioether (sulfide) groups is 1. The SMILES string of the molecule is O=C(Nn1cnc2ccccc21)c1ccccc1SC1CCS(=O)(=O)C1. The lowest BCUT2D eigenvalue weighted by atomic mass is 10.2. The maximum absolute atomic E-state index is 12.8. The van der Waals surface area contributed by atoms with E-state index in [1.807, 2.05) is 36.4 Å². The Hall–Kier alpha value is -2.32. The summed E-state index contributed by atoms with van der Waals surface area (Å²) >= 11 is 1.46. The van der Waals surface area contributed by atoms with Gasteiger partial charge in [-0.2, -0.15) is 0 Å². The fraction of sp³-hybridized carbons (Fsp3) is 0.222. The first kappa shape index (κ1) is 17.1. The molecule has 4 rings (SSSR count). The van der Waals surface area contributed by atoms with Crippen molar-refractivity contribution in [2.24, 2.45) is 0 Å². The van der Waals surface area contributed by atoms with Gasteiger partial charge in [0.15, 0.2) is 9.84 Å². The fourth-order valence-corrected chi connectivity index (χ4v) is 6.63. The van der Waals surface area contributed by atoms with E-state index >= 15 is 0 Å². The van der Waals surface area contributed by atoms with E-state index in [-0.39, 0.29) is 22.7 Å². The number of hydrogen-bond donors (Lipinski definition) is 1. The molecule has 1 amide bonds. The smallest absolute Gasteiger partial charge is 0.267 e. The quantitative estimate of drug-likeness (QED) is 0.744.